The van der Waals surface area contributed by atoms with Gasteiger partial charge in [0, 0.05) is 6.61 Å². The average molecular weight is 623 g/mol. The van der Waals surface area contributed by atoms with Gasteiger partial charge in [-0.3, -0.25) is 0 Å². The standard InChI is InChI=1S/C17H26O5.C16H24O6/c1-3-10-19-11-12-20-13-14-22-16(17(18)21-4-2)15-8-6-5-7-9-15;1-2-21-16(18)15(14-6-4-3-5-7-14)22-13-12-20-11-10-19-9-8-17/h5-9,16H,3-4,10-14H2,1-2H3;3-7,15,17H,2,8-13H2,1H3. The minimum Gasteiger partial charge on any atom is -0.464 e. The van der Waals surface area contributed by atoms with Crippen molar-refractivity contribution in [2.45, 2.75) is 39.4 Å². The molecule has 2 aromatic rings. The summed E-state index contributed by atoms with van der Waals surface area (Å²) in [5.41, 5.74) is 1.54. The molecule has 248 valence electrons. The summed E-state index contributed by atoms with van der Waals surface area (Å²) in [5, 5.41) is 8.54. The molecule has 11 heteroatoms. The Labute approximate surface area is 261 Å². The maximum absolute atomic E-state index is 12.0. The van der Waals surface area contributed by atoms with E-state index in [1.807, 2.05) is 60.7 Å². The van der Waals surface area contributed by atoms with Crippen LogP contribution < -0.4 is 0 Å². The van der Waals surface area contributed by atoms with Gasteiger partial charge < -0.3 is 43.0 Å². The third-order valence-corrected chi connectivity index (χ3v) is 5.56. The van der Waals surface area contributed by atoms with Crippen LogP contribution in [0.1, 0.15) is 50.5 Å². The van der Waals surface area contributed by atoms with Gasteiger partial charge in [-0.15, -0.1) is 0 Å². The van der Waals surface area contributed by atoms with Gasteiger partial charge in [-0.1, -0.05) is 67.6 Å². The Morgan fingerprint density at radius 1 is 0.545 bits per heavy atom. The Hall–Kier alpha value is -2.90. The highest BCUT2D eigenvalue weighted by Crippen LogP contribution is 2.20. The summed E-state index contributed by atoms with van der Waals surface area (Å²) in [4.78, 5) is 23.9. The van der Waals surface area contributed by atoms with E-state index >= 15 is 0 Å². The third-order valence-electron chi connectivity index (χ3n) is 5.56. The molecule has 2 rings (SSSR count). The van der Waals surface area contributed by atoms with Crippen molar-refractivity contribution in [3.05, 3.63) is 71.8 Å². The van der Waals surface area contributed by atoms with Gasteiger partial charge in [-0.05, 0) is 31.4 Å². The van der Waals surface area contributed by atoms with E-state index in [4.69, 9.17) is 43.0 Å². The van der Waals surface area contributed by atoms with Crippen LogP contribution in [0.15, 0.2) is 60.7 Å². The topological polar surface area (TPSA) is 128 Å². The Morgan fingerprint density at radius 3 is 1.27 bits per heavy atom. The first kappa shape index (κ1) is 39.1. The molecule has 0 saturated carbocycles. The van der Waals surface area contributed by atoms with Gasteiger partial charge in [0.1, 0.15) is 0 Å². The highest BCUT2D eigenvalue weighted by atomic mass is 16.6. The van der Waals surface area contributed by atoms with E-state index in [0.717, 1.165) is 24.2 Å². The molecule has 0 heterocycles. The van der Waals surface area contributed by atoms with Crippen LogP contribution in [-0.2, 0) is 47.5 Å². The van der Waals surface area contributed by atoms with E-state index in [-0.39, 0.29) is 19.2 Å². The fourth-order valence-electron chi connectivity index (χ4n) is 3.59. The van der Waals surface area contributed by atoms with Crippen LogP contribution in [0.3, 0.4) is 0 Å². The maximum Gasteiger partial charge on any atom is 0.339 e. The maximum atomic E-state index is 12.0. The van der Waals surface area contributed by atoms with Gasteiger partial charge in [-0.25, -0.2) is 9.59 Å². The zero-order valence-corrected chi connectivity index (χ0v) is 26.4. The molecular formula is C33H50O11. The van der Waals surface area contributed by atoms with Crippen molar-refractivity contribution in [1.82, 2.24) is 0 Å². The molecule has 0 aromatic heterocycles. The molecule has 0 amide bonds. The second kappa shape index (κ2) is 27.6. The van der Waals surface area contributed by atoms with Crippen molar-refractivity contribution in [3.8, 4) is 0 Å². The lowest BCUT2D eigenvalue weighted by Crippen LogP contribution is -2.21. The molecule has 2 unspecified atom stereocenters. The Bertz CT molecular complexity index is 866. The smallest absolute Gasteiger partial charge is 0.339 e. The molecule has 0 aliphatic carbocycles. The van der Waals surface area contributed by atoms with E-state index in [1.165, 1.54) is 0 Å². The second-order valence-electron chi connectivity index (χ2n) is 9.00. The monoisotopic (exact) mass is 622 g/mol. The van der Waals surface area contributed by atoms with Gasteiger partial charge >= 0.3 is 11.9 Å². The SMILES string of the molecule is CCCOCCOCCOC(C(=O)OCC)c1ccccc1.CCOC(=O)C(OCCOCCOCCO)c1ccccc1. The van der Waals surface area contributed by atoms with Crippen LogP contribution in [0.5, 0.6) is 0 Å². The van der Waals surface area contributed by atoms with Gasteiger partial charge in [0.15, 0.2) is 12.2 Å². The van der Waals surface area contributed by atoms with Crippen molar-refractivity contribution < 1.29 is 52.6 Å². The Kier molecular flexibility index (Phi) is 24.6. The number of rotatable bonds is 24. The summed E-state index contributed by atoms with van der Waals surface area (Å²) < 4.78 is 42.4. The summed E-state index contributed by atoms with van der Waals surface area (Å²) >= 11 is 0. The number of carbonyl (C=O) groups excluding carboxylic acids is 2. The Morgan fingerprint density at radius 2 is 0.909 bits per heavy atom. The summed E-state index contributed by atoms with van der Waals surface area (Å²) in [5.74, 6) is -0.778. The first-order valence-electron chi connectivity index (χ1n) is 15.2. The average Bonchev–Trinajstić information content (AvgIpc) is 3.04. The summed E-state index contributed by atoms with van der Waals surface area (Å²) in [7, 11) is 0. The van der Waals surface area contributed by atoms with E-state index < -0.39 is 18.2 Å². The van der Waals surface area contributed by atoms with Gasteiger partial charge in [0.2, 0.25) is 0 Å². The van der Waals surface area contributed by atoms with Crippen LogP contribution >= 0.6 is 0 Å². The Balaban J connectivity index is 0.000000440. The quantitative estimate of drug-likeness (QED) is 0.134. The van der Waals surface area contributed by atoms with E-state index in [1.54, 1.807) is 13.8 Å². The molecule has 0 aliphatic heterocycles. The molecule has 0 spiro atoms. The van der Waals surface area contributed by atoms with Crippen molar-refractivity contribution in [1.29, 1.82) is 0 Å². The first-order valence-corrected chi connectivity index (χ1v) is 15.2. The zero-order chi connectivity index (χ0) is 32.1. The largest absolute Gasteiger partial charge is 0.464 e. The highest BCUT2D eigenvalue weighted by Gasteiger charge is 2.23. The number of benzene rings is 2. The van der Waals surface area contributed by atoms with Crippen LogP contribution in [0.2, 0.25) is 0 Å². The zero-order valence-electron chi connectivity index (χ0n) is 26.4. The van der Waals surface area contributed by atoms with Crippen molar-refractivity contribution >= 4 is 11.9 Å². The number of hydrogen-bond acceptors (Lipinski definition) is 11. The minimum absolute atomic E-state index is 0.00140. The fourth-order valence-corrected chi connectivity index (χ4v) is 3.59. The van der Waals surface area contributed by atoms with Gasteiger partial charge in [0.05, 0.1) is 79.3 Å². The van der Waals surface area contributed by atoms with Crippen LogP contribution in [0.25, 0.3) is 0 Å². The number of hydrogen-bond donors (Lipinski definition) is 1. The van der Waals surface area contributed by atoms with Crippen molar-refractivity contribution in [3.63, 3.8) is 0 Å². The van der Waals surface area contributed by atoms with Crippen LogP contribution in [0.4, 0.5) is 0 Å². The number of esters is 2. The highest BCUT2D eigenvalue weighted by molar-refractivity contribution is 5.77. The lowest BCUT2D eigenvalue weighted by molar-refractivity contribution is -0.159. The summed E-state index contributed by atoms with van der Waals surface area (Å²) in [6, 6.07) is 18.5. The molecule has 0 fully saturated rings. The molecular weight excluding hydrogens is 572 g/mol. The number of aliphatic hydroxyl groups excluding tert-OH is 1. The van der Waals surface area contributed by atoms with Crippen molar-refractivity contribution in [2.75, 3.05) is 85.9 Å². The number of ether oxygens (including phenoxy) is 8. The predicted molar refractivity (Wildman–Crippen MR) is 164 cm³/mol. The number of aliphatic hydroxyl groups is 1. The fraction of sp³-hybridized carbons (Fsp3) is 0.576. The normalized spacial score (nSPS) is 12.1. The molecule has 0 aliphatic rings. The van der Waals surface area contributed by atoms with E-state index in [2.05, 4.69) is 6.92 Å². The van der Waals surface area contributed by atoms with Gasteiger partial charge in [0.25, 0.3) is 0 Å². The third kappa shape index (κ3) is 18.7. The predicted octanol–water partition coefficient (Wildman–Crippen LogP) is 4.08. The van der Waals surface area contributed by atoms with Gasteiger partial charge in [-0.2, -0.15) is 0 Å². The lowest BCUT2D eigenvalue weighted by atomic mass is 10.1. The second-order valence-corrected chi connectivity index (χ2v) is 9.00. The molecule has 1 N–H and O–H groups in total. The summed E-state index contributed by atoms with van der Waals surface area (Å²) in [6.45, 7) is 10.6. The van der Waals surface area contributed by atoms with Crippen molar-refractivity contribution in [2.24, 2.45) is 0 Å². The molecule has 0 bridgehead atoms. The minimum atomic E-state index is -0.740. The van der Waals surface area contributed by atoms with Crippen LogP contribution in [-0.4, -0.2) is 103 Å². The molecule has 44 heavy (non-hydrogen) atoms. The van der Waals surface area contributed by atoms with E-state index in [0.29, 0.717) is 66.1 Å². The molecule has 0 saturated heterocycles. The lowest BCUT2D eigenvalue weighted by Gasteiger charge is -2.17. The molecule has 2 aromatic carbocycles. The number of carbonyl (C=O) groups is 2. The first-order chi connectivity index (χ1) is 21.6. The molecule has 2 atom stereocenters. The van der Waals surface area contributed by atoms with E-state index in [9.17, 15) is 9.59 Å². The molecule has 11 nitrogen and oxygen atoms in total. The molecule has 0 radical (unpaired) electrons. The van der Waals surface area contributed by atoms with Crippen LogP contribution in [0, 0.1) is 0 Å². The summed E-state index contributed by atoms with van der Waals surface area (Å²) in [6.07, 6.45) is -0.446.